The molecule has 0 aromatic carbocycles. The maximum Gasteiger partial charge on any atom is 0.180 e. The lowest BCUT2D eigenvalue weighted by molar-refractivity contribution is 0.598. The smallest absolute Gasteiger partial charge is 0.180 e. The van der Waals surface area contributed by atoms with Crippen LogP contribution in [-0.2, 0) is 13.6 Å². The number of aromatic nitrogens is 6. The molecule has 1 saturated carbocycles. The Bertz CT molecular complexity index is 522. The first-order valence-electron chi connectivity index (χ1n) is 5.79. The van der Waals surface area contributed by atoms with Crippen LogP contribution in [0.2, 0.25) is 0 Å². The van der Waals surface area contributed by atoms with Crippen molar-refractivity contribution >= 4 is 0 Å². The lowest BCUT2D eigenvalue weighted by atomic mass is 10.4. The summed E-state index contributed by atoms with van der Waals surface area (Å²) in [5.41, 5.74) is 6.22. The predicted octanol–water partition coefficient (Wildman–Crippen LogP) is -0.0903. The van der Waals surface area contributed by atoms with Gasteiger partial charge in [0.1, 0.15) is 5.69 Å². The molecule has 2 aromatic heterocycles. The molecule has 0 bridgehead atoms. The third-order valence-corrected chi connectivity index (χ3v) is 2.85. The summed E-state index contributed by atoms with van der Waals surface area (Å²) in [5.74, 6) is 2.25. The Kier molecular flexibility index (Phi) is 2.40. The van der Waals surface area contributed by atoms with Gasteiger partial charge < -0.3 is 5.73 Å². The van der Waals surface area contributed by atoms with E-state index in [0.29, 0.717) is 19.0 Å². The normalized spacial score (nSPS) is 15.4. The van der Waals surface area contributed by atoms with E-state index in [-0.39, 0.29) is 0 Å². The Morgan fingerprint density at radius 3 is 3.00 bits per heavy atom. The average Bonchev–Trinajstić information content (AvgIpc) is 2.94. The van der Waals surface area contributed by atoms with Gasteiger partial charge in [0.15, 0.2) is 11.6 Å². The van der Waals surface area contributed by atoms with Crippen molar-refractivity contribution in [2.45, 2.75) is 25.3 Å². The maximum absolute atomic E-state index is 5.47. The van der Waals surface area contributed by atoms with Crippen LogP contribution >= 0.6 is 0 Å². The van der Waals surface area contributed by atoms with Crippen LogP contribution in [-0.4, -0.2) is 36.3 Å². The van der Waals surface area contributed by atoms with Gasteiger partial charge in [0.05, 0.1) is 12.7 Å². The van der Waals surface area contributed by atoms with Crippen molar-refractivity contribution in [1.29, 1.82) is 0 Å². The second-order valence-corrected chi connectivity index (χ2v) is 4.35. The lowest BCUT2D eigenvalue weighted by Crippen LogP contribution is -2.10. The molecular weight excluding hydrogens is 218 g/mol. The highest BCUT2D eigenvalue weighted by Gasteiger charge is 2.29. The summed E-state index contributed by atoms with van der Waals surface area (Å²) in [6.45, 7) is 1.22. The Morgan fingerprint density at radius 1 is 1.47 bits per heavy atom. The largest absolute Gasteiger partial charge is 0.329 e. The van der Waals surface area contributed by atoms with Crippen molar-refractivity contribution in [2.75, 3.05) is 6.54 Å². The lowest BCUT2D eigenvalue weighted by Gasteiger charge is -1.93. The molecule has 2 aromatic rings. The van der Waals surface area contributed by atoms with Crippen molar-refractivity contribution in [3.63, 3.8) is 0 Å². The molecule has 7 nitrogen and oxygen atoms in total. The number of nitrogens with two attached hydrogens (primary N) is 1. The monoisotopic (exact) mass is 233 g/mol. The van der Waals surface area contributed by atoms with E-state index in [2.05, 4.69) is 20.4 Å². The van der Waals surface area contributed by atoms with Crippen LogP contribution < -0.4 is 5.73 Å². The Labute approximate surface area is 98.6 Å². The van der Waals surface area contributed by atoms with Gasteiger partial charge in [-0.1, -0.05) is 5.21 Å². The molecule has 1 aliphatic carbocycles. The van der Waals surface area contributed by atoms with Gasteiger partial charge in [-0.2, -0.15) is 5.10 Å². The van der Waals surface area contributed by atoms with Crippen LogP contribution in [0.1, 0.15) is 24.6 Å². The second kappa shape index (κ2) is 3.92. The number of aryl methyl sites for hydroxylation is 1. The Morgan fingerprint density at radius 2 is 2.29 bits per heavy atom. The summed E-state index contributed by atoms with van der Waals surface area (Å²) in [7, 11) is 1.89. The summed E-state index contributed by atoms with van der Waals surface area (Å²) >= 11 is 0. The minimum Gasteiger partial charge on any atom is -0.329 e. The number of hydrogen-bond acceptors (Lipinski definition) is 5. The van der Waals surface area contributed by atoms with Crippen molar-refractivity contribution in [2.24, 2.45) is 12.8 Å². The molecule has 1 aliphatic rings. The van der Waals surface area contributed by atoms with Crippen molar-refractivity contribution < 1.29 is 0 Å². The standard InChI is InChI=1S/C10H15N7/c1-16-10(12-9(14-16)7-2-3-7)8-6-17(5-4-11)15-13-8/h6-7H,2-5,11H2,1H3. The molecule has 2 N–H and O–H groups in total. The third-order valence-electron chi connectivity index (χ3n) is 2.85. The summed E-state index contributed by atoms with van der Waals surface area (Å²) in [4.78, 5) is 4.52. The molecule has 0 spiro atoms. The van der Waals surface area contributed by atoms with Gasteiger partial charge in [-0.25, -0.2) is 9.67 Å². The average molecular weight is 233 g/mol. The SMILES string of the molecule is Cn1nc(C2CC2)nc1-c1cn(CCN)nn1. The quantitative estimate of drug-likeness (QED) is 0.797. The first-order valence-corrected chi connectivity index (χ1v) is 5.79. The summed E-state index contributed by atoms with van der Waals surface area (Å²) in [6.07, 6.45) is 4.25. The zero-order valence-electron chi connectivity index (χ0n) is 9.74. The summed E-state index contributed by atoms with van der Waals surface area (Å²) in [6, 6.07) is 0. The fourth-order valence-corrected chi connectivity index (χ4v) is 1.78. The fourth-order valence-electron chi connectivity index (χ4n) is 1.78. The molecule has 7 heteroatoms. The van der Waals surface area contributed by atoms with Crippen LogP contribution in [0.25, 0.3) is 11.5 Å². The first kappa shape index (κ1) is 10.4. The van der Waals surface area contributed by atoms with E-state index >= 15 is 0 Å². The van der Waals surface area contributed by atoms with Crippen molar-refractivity contribution in [1.82, 2.24) is 29.8 Å². The molecule has 0 amide bonds. The highest BCUT2D eigenvalue weighted by molar-refractivity contribution is 5.47. The molecule has 2 heterocycles. The molecule has 0 saturated heterocycles. The van der Waals surface area contributed by atoms with Gasteiger partial charge in [-0.15, -0.1) is 5.10 Å². The van der Waals surface area contributed by atoms with Crippen LogP contribution in [0, 0.1) is 0 Å². The molecule has 0 aliphatic heterocycles. The van der Waals surface area contributed by atoms with E-state index in [4.69, 9.17) is 5.73 Å². The van der Waals surface area contributed by atoms with E-state index < -0.39 is 0 Å². The third kappa shape index (κ3) is 1.93. The van der Waals surface area contributed by atoms with Gasteiger partial charge in [0.25, 0.3) is 0 Å². The zero-order valence-corrected chi connectivity index (χ0v) is 9.74. The van der Waals surface area contributed by atoms with E-state index in [0.717, 1.165) is 17.3 Å². The number of nitrogens with zero attached hydrogens (tertiary/aromatic N) is 6. The van der Waals surface area contributed by atoms with Crippen LogP contribution in [0.3, 0.4) is 0 Å². The van der Waals surface area contributed by atoms with Crippen LogP contribution in [0.4, 0.5) is 0 Å². The van der Waals surface area contributed by atoms with Crippen molar-refractivity contribution in [3.05, 3.63) is 12.0 Å². The summed E-state index contributed by atoms with van der Waals surface area (Å²) in [5, 5.41) is 12.5. The van der Waals surface area contributed by atoms with Gasteiger partial charge >= 0.3 is 0 Å². The van der Waals surface area contributed by atoms with E-state index in [1.165, 1.54) is 12.8 Å². The molecule has 17 heavy (non-hydrogen) atoms. The fraction of sp³-hybridized carbons (Fsp3) is 0.600. The van der Waals surface area contributed by atoms with Gasteiger partial charge in [-0.05, 0) is 12.8 Å². The predicted molar refractivity (Wildman–Crippen MR) is 61.0 cm³/mol. The van der Waals surface area contributed by atoms with E-state index in [1.807, 2.05) is 13.2 Å². The Hall–Kier alpha value is -1.76. The van der Waals surface area contributed by atoms with E-state index in [9.17, 15) is 0 Å². The topological polar surface area (TPSA) is 87.4 Å². The zero-order chi connectivity index (χ0) is 11.8. The molecule has 1 fully saturated rings. The molecular formula is C10H15N7. The van der Waals surface area contributed by atoms with Gasteiger partial charge in [0, 0.05) is 19.5 Å². The first-order chi connectivity index (χ1) is 8.28. The highest BCUT2D eigenvalue weighted by atomic mass is 15.4. The van der Waals surface area contributed by atoms with Crippen molar-refractivity contribution in [3.8, 4) is 11.5 Å². The molecule has 0 radical (unpaired) electrons. The van der Waals surface area contributed by atoms with Gasteiger partial charge in [-0.3, -0.25) is 4.68 Å². The summed E-state index contributed by atoms with van der Waals surface area (Å²) < 4.78 is 3.49. The van der Waals surface area contributed by atoms with Crippen LogP contribution in [0.5, 0.6) is 0 Å². The minimum atomic E-state index is 0.550. The number of rotatable bonds is 4. The number of hydrogen-bond donors (Lipinski definition) is 1. The van der Waals surface area contributed by atoms with Crippen LogP contribution in [0.15, 0.2) is 6.20 Å². The van der Waals surface area contributed by atoms with E-state index in [1.54, 1.807) is 9.36 Å². The van der Waals surface area contributed by atoms with Gasteiger partial charge in [0.2, 0.25) is 0 Å². The maximum atomic E-state index is 5.47. The molecule has 3 rings (SSSR count). The molecule has 0 unspecified atom stereocenters. The Balaban J connectivity index is 1.90. The minimum absolute atomic E-state index is 0.550. The highest BCUT2D eigenvalue weighted by Crippen LogP contribution is 2.38. The second-order valence-electron chi connectivity index (χ2n) is 4.35. The molecule has 90 valence electrons. The molecule has 0 atom stereocenters.